The second kappa shape index (κ2) is 7.25. The zero-order valence-electron chi connectivity index (χ0n) is 14.7. The number of aryl methyl sites for hydroxylation is 1. The number of imidazole rings is 1. The monoisotopic (exact) mass is 359 g/mol. The number of carbonyl (C=O) groups excluding carboxylic acids is 1. The van der Waals surface area contributed by atoms with Crippen LogP contribution in [0.3, 0.4) is 0 Å². The zero-order chi connectivity index (χ0) is 18.6. The Balaban J connectivity index is 1.46. The van der Waals surface area contributed by atoms with Crippen molar-refractivity contribution in [2.24, 2.45) is 0 Å². The second-order valence-corrected chi connectivity index (χ2v) is 6.10. The molecule has 0 saturated heterocycles. The van der Waals surface area contributed by atoms with Crippen LogP contribution in [0.4, 0.5) is 5.69 Å². The number of amides is 1. The van der Waals surface area contributed by atoms with E-state index >= 15 is 0 Å². The third-order valence-electron chi connectivity index (χ3n) is 4.05. The van der Waals surface area contributed by atoms with Crippen LogP contribution in [0.15, 0.2) is 71.8 Å². The summed E-state index contributed by atoms with van der Waals surface area (Å²) in [6.07, 6.45) is 5.41. The molecule has 1 N–H and O–H groups in total. The van der Waals surface area contributed by atoms with Crippen LogP contribution >= 0.6 is 0 Å². The minimum Gasteiger partial charge on any atom is -0.339 e. The molecular formula is C20H17N5O2. The van der Waals surface area contributed by atoms with Crippen LogP contribution in [-0.4, -0.2) is 25.6 Å². The fourth-order valence-electron chi connectivity index (χ4n) is 2.71. The highest BCUT2D eigenvalue weighted by atomic mass is 16.5. The van der Waals surface area contributed by atoms with Gasteiger partial charge in [0, 0.05) is 42.7 Å². The van der Waals surface area contributed by atoms with Crippen LogP contribution in [0.25, 0.3) is 11.4 Å². The van der Waals surface area contributed by atoms with Crippen LogP contribution in [0, 0.1) is 6.92 Å². The molecule has 0 atom stereocenters. The van der Waals surface area contributed by atoms with Gasteiger partial charge in [-0.15, -0.1) is 0 Å². The Kier molecular flexibility index (Phi) is 4.49. The Labute approximate surface area is 155 Å². The van der Waals surface area contributed by atoms with Crippen molar-refractivity contribution in [1.82, 2.24) is 19.7 Å². The lowest BCUT2D eigenvalue weighted by Gasteiger charge is -2.08. The maximum atomic E-state index is 12.5. The summed E-state index contributed by atoms with van der Waals surface area (Å²) in [5, 5.41) is 6.80. The van der Waals surface area contributed by atoms with Crippen LogP contribution in [0.1, 0.15) is 21.8 Å². The molecule has 1 amide bonds. The van der Waals surface area contributed by atoms with Gasteiger partial charge < -0.3 is 14.4 Å². The van der Waals surface area contributed by atoms with Gasteiger partial charge in [-0.1, -0.05) is 29.4 Å². The van der Waals surface area contributed by atoms with Gasteiger partial charge in [-0.2, -0.15) is 4.98 Å². The first kappa shape index (κ1) is 16.7. The zero-order valence-corrected chi connectivity index (χ0v) is 14.7. The normalized spacial score (nSPS) is 10.7. The van der Waals surface area contributed by atoms with Gasteiger partial charge in [0.05, 0.1) is 6.33 Å². The van der Waals surface area contributed by atoms with Crippen molar-refractivity contribution in [2.45, 2.75) is 13.5 Å². The van der Waals surface area contributed by atoms with Gasteiger partial charge in [-0.3, -0.25) is 4.79 Å². The molecule has 0 aliphatic rings. The highest BCUT2D eigenvalue weighted by Gasteiger charge is 2.09. The summed E-state index contributed by atoms with van der Waals surface area (Å²) < 4.78 is 6.98. The van der Waals surface area contributed by atoms with Gasteiger partial charge in [-0.25, -0.2) is 4.98 Å². The van der Waals surface area contributed by atoms with Gasteiger partial charge in [0.25, 0.3) is 5.91 Å². The quantitative estimate of drug-likeness (QED) is 0.589. The van der Waals surface area contributed by atoms with E-state index in [0.717, 1.165) is 11.1 Å². The molecule has 0 radical (unpaired) electrons. The van der Waals surface area contributed by atoms with E-state index in [4.69, 9.17) is 4.52 Å². The number of rotatable bonds is 5. The molecule has 0 unspecified atom stereocenters. The van der Waals surface area contributed by atoms with E-state index in [1.54, 1.807) is 19.4 Å². The molecule has 2 aromatic heterocycles. The van der Waals surface area contributed by atoms with E-state index in [1.165, 1.54) is 0 Å². The van der Waals surface area contributed by atoms with Crippen molar-refractivity contribution in [3.8, 4) is 11.4 Å². The smallest absolute Gasteiger partial charge is 0.255 e. The molecule has 4 aromatic rings. The van der Waals surface area contributed by atoms with E-state index < -0.39 is 0 Å². The van der Waals surface area contributed by atoms with Crippen LogP contribution < -0.4 is 5.32 Å². The number of benzene rings is 2. The molecule has 0 aliphatic heterocycles. The van der Waals surface area contributed by atoms with Gasteiger partial charge in [-0.05, 0) is 29.8 Å². The van der Waals surface area contributed by atoms with Gasteiger partial charge in [0.2, 0.25) is 11.7 Å². The highest BCUT2D eigenvalue weighted by Crippen LogP contribution is 2.20. The first-order valence-corrected chi connectivity index (χ1v) is 8.44. The number of anilines is 1. The first-order chi connectivity index (χ1) is 13.2. The molecule has 27 heavy (non-hydrogen) atoms. The van der Waals surface area contributed by atoms with E-state index in [2.05, 4.69) is 20.4 Å². The summed E-state index contributed by atoms with van der Waals surface area (Å²) in [6.45, 7) is 2.45. The standard InChI is InChI=1S/C20H17N5O2/c1-14-22-19(24-27-14)17-3-2-4-18(11-17)23-20(26)16-7-5-15(6-8-16)12-25-10-9-21-13-25/h2-11,13H,12H2,1H3,(H,23,26). The predicted octanol–water partition coefficient (Wildman–Crippen LogP) is 3.54. The molecule has 0 saturated carbocycles. The first-order valence-electron chi connectivity index (χ1n) is 8.44. The molecule has 0 fully saturated rings. The Morgan fingerprint density at radius 3 is 2.74 bits per heavy atom. The summed E-state index contributed by atoms with van der Waals surface area (Å²) in [5.41, 5.74) is 3.13. The predicted molar refractivity (Wildman–Crippen MR) is 100 cm³/mol. The van der Waals surface area contributed by atoms with Crippen molar-refractivity contribution < 1.29 is 9.32 Å². The van der Waals surface area contributed by atoms with Crippen molar-refractivity contribution in [3.63, 3.8) is 0 Å². The van der Waals surface area contributed by atoms with Gasteiger partial charge >= 0.3 is 0 Å². The summed E-state index contributed by atoms with van der Waals surface area (Å²) in [7, 11) is 0. The Morgan fingerprint density at radius 2 is 2.04 bits per heavy atom. The largest absolute Gasteiger partial charge is 0.339 e. The third kappa shape index (κ3) is 3.92. The van der Waals surface area contributed by atoms with Gasteiger partial charge in [0.15, 0.2) is 0 Å². The number of carbonyl (C=O) groups is 1. The molecule has 4 rings (SSSR count). The number of nitrogens with one attached hydrogen (secondary N) is 1. The Bertz CT molecular complexity index is 1050. The lowest BCUT2D eigenvalue weighted by Crippen LogP contribution is -2.12. The minimum atomic E-state index is -0.175. The van der Waals surface area contributed by atoms with Crippen molar-refractivity contribution in [2.75, 3.05) is 5.32 Å². The lowest BCUT2D eigenvalue weighted by atomic mass is 10.1. The molecule has 2 aromatic carbocycles. The molecule has 2 heterocycles. The molecule has 0 spiro atoms. The minimum absolute atomic E-state index is 0.175. The van der Waals surface area contributed by atoms with Crippen LogP contribution in [0.2, 0.25) is 0 Å². The van der Waals surface area contributed by atoms with Crippen LogP contribution in [-0.2, 0) is 6.54 Å². The summed E-state index contributed by atoms with van der Waals surface area (Å²) in [4.78, 5) is 20.7. The maximum absolute atomic E-state index is 12.5. The average molecular weight is 359 g/mol. The van der Waals surface area contributed by atoms with Crippen LogP contribution in [0.5, 0.6) is 0 Å². The highest BCUT2D eigenvalue weighted by molar-refractivity contribution is 6.04. The van der Waals surface area contributed by atoms with E-state index in [1.807, 2.05) is 59.3 Å². The third-order valence-corrected chi connectivity index (χ3v) is 4.05. The summed E-state index contributed by atoms with van der Waals surface area (Å²) >= 11 is 0. The molecule has 0 aliphatic carbocycles. The molecule has 134 valence electrons. The van der Waals surface area contributed by atoms with E-state index in [-0.39, 0.29) is 5.91 Å². The van der Waals surface area contributed by atoms with Gasteiger partial charge in [0.1, 0.15) is 0 Å². The average Bonchev–Trinajstić information content (AvgIpc) is 3.34. The van der Waals surface area contributed by atoms with Crippen molar-refractivity contribution in [3.05, 3.63) is 84.3 Å². The summed E-state index contributed by atoms with van der Waals surface area (Å²) in [6, 6.07) is 14.8. The fourth-order valence-corrected chi connectivity index (χ4v) is 2.71. The maximum Gasteiger partial charge on any atom is 0.255 e. The molecule has 7 nitrogen and oxygen atoms in total. The number of hydrogen-bond donors (Lipinski definition) is 1. The Hall–Kier alpha value is -3.74. The SMILES string of the molecule is Cc1nc(-c2cccc(NC(=O)c3ccc(Cn4ccnc4)cc3)c2)no1. The molecule has 0 bridgehead atoms. The Morgan fingerprint density at radius 1 is 1.19 bits per heavy atom. The lowest BCUT2D eigenvalue weighted by molar-refractivity contribution is 0.102. The van der Waals surface area contributed by atoms with E-state index in [0.29, 0.717) is 29.5 Å². The van der Waals surface area contributed by atoms with Crippen molar-refractivity contribution in [1.29, 1.82) is 0 Å². The second-order valence-electron chi connectivity index (χ2n) is 6.10. The molecule has 7 heteroatoms. The topological polar surface area (TPSA) is 85.8 Å². The molecular weight excluding hydrogens is 342 g/mol. The van der Waals surface area contributed by atoms with E-state index in [9.17, 15) is 4.79 Å². The number of aromatic nitrogens is 4. The number of nitrogens with zero attached hydrogens (tertiary/aromatic N) is 4. The fraction of sp³-hybridized carbons (Fsp3) is 0.100. The summed E-state index contributed by atoms with van der Waals surface area (Å²) in [5.74, 6) is 0.813. The number of hydrogen-bond acceptors (Lipinski definition) is 5. The van der Waals surface area contributed by atoms with Crippen molar-refractivity contribution >= 4 is 11.6 Å².